The topological polar surface area (TPSA) is 87.7 Å². The maximum atomic E-state index is 13.3. The van der Waals surface area contributed by atoms with Gasteiger partial charge in [-0.25, -0.2) is 4.79 Å². The first-order valence-corrected chi connectivity index (χ1v) is 10.1. The number of aryl methyl sites for hydroxylation is 2. The second-order valence-corrected chi connectivity index (χ2v) is 8.42. The normalized spacial score (nSPS) is 11.9. The quantitative estimate of drug-likeness (QED) is 0.733. The Labute approximate surface area is 183 Å². The molecule has 0 aliphatic carbocycles. The minimum absolute atomic E-state index is 0.286. The second-order valence-electron chi connectivity index (χ2n) is 8.42. The Kier molecular flexibility index (Phi) is 7.80. The summed E-state index contributed by atoms with van der Waals surface area (Å²) in [7, 11) is 1.55. The third kappa shape index (κ3) is 6.84. The minimum Gasteiger partial charge on any atom is -0.444 e. The molecule has 0 spiro atoms. The van der Waals surface area contributed by atoms with Crippen molar-refractivity contribution in [2.75, 3.05) is 18.9 Å². The van der Waals surface area contributed by atoms with E-state index in [9.17, 15) is 14.4 Å². The molecule has 0 aromatic heterocycles. The van der Waals surface area contributed by atoms with Crippen LogP contribution in [0.3, 0.4) is 0 Å². The van der Waals surface area contributed by atoms with Crippen molar-refractivity contribution in [3.8, 4) is 0 Å². The Hall–Kier alpha value is -3.35. The van der Waals surface area contributed by atoms with Crippen LogP contribution in [0.2, 0.25) is 0 Å². The molecule has 0 saturated heterocycles. The SMILES string of the molecule is Cc1ccccc1NC(=O)C(c1ccccc1C)N(C)C(=O)CNC(=O)OC(C)(C)C. The van der Waals surface area contributed by atoms with Gasteiger partial charge in [-0.15, -0.1) is 0 Å². The number of hydrogen-bond acceptors (Lipinski definition) is 4. The van der Waals surface area contributed by atoms with Crippen molar-refractivity contribution >= 4 is 23.6 Å². The van der Waals surface area contributed by atoms with Gasteiger partial charge in [-0.1, -0.05) is 42.5 Å². The molecule has 2 aromatic rings. The Bertz CT molecular complexity index is 950. The third-order valence-electron chi connectivity index (χ3n) is 4.70. The maximum Gasteiger partial charge on any atom is 0.408 e. The number of benzene rings is 2. The Balaban J connectivity index is 2.23. The van der Waals surface area contributed by atoms with Crippen LogP contribution < -0.4 is 10.6 Å². The molecule has 2 rings (SSSR count). The molecular weight excluding hydrogens is 394 g/mol. The molecule has 0 aliphatic heterocycles. The van der Waals surface area contributed by atoms with Gasteiger partial charge in [-0.05, 0) is 57.4 Å². The molecule has 0 aliphatic rings. The van der Waals surface area contributed by atoms with Crippen molar-refractivity contribution in [3.05, 3.63) is 65.2 Å². The monoisotopic (exact) mass is 425 g/mol. The fourth-order valence-electron chi connectivity index (χ4n) is 3.06. The van der Waals surface area contributed by atoms with Gasteiger partial charge >= 0.3 is 6.09 Å². The fraction of sp³-hybridized carbons (Fsp3) is 0.375. The molecule has 0 radical (unpaired) electrons. The summed E-state index contributed by atoms with van der Waals surface area (Å²) < 4.78 is 5.17. The van der Waals surface area contributed by atoms with Crippen molar-refractivity contribution in [2.24, 2.45) is 0 Å². The highest BCUT2D eigenvalue weighted by atomic mass is 16.6. The van der Waals surface area contributed by atoms with Gasteiger partial charge in [0.25, 0.3) is 5.91 Å². The standard InChI is InChI=1S/C24H31N3O4/c1-16-11-7-9-13-18(16)21(22(29)26-19-14-10-8-12-17(19)2)27(6)20(28)15-25-23(30)31-24(3,4)5/h7-14,21H,15H2,1-6H3,(H,25,30)(H,26,29). The van der Waals surface area contributed by atoms with Crippen LogP contribution in [0.4, 0.5) is 10.5 Å². The molecule has 0 bridgehead atoms. The maximum absolute atomic E-state index is 13.3. The Morgan fingerprint density at radius 3 is 2.13 bits per heavy atom. The molecule has 2 aromatic carbocycles. The first-order valence-electron chi connectivity index (χ1n) is 10.1. The number of nitrogens with zero attached hydrogens (tertiary/aromatic N) is 1. The molecule has 1 atom stereocenters. The number of carbonyl (C=O) groups is 3. The van der Waals surface area contributed by atoms with Gasteiger partial charge in [-0.2, -0.15) is 0 Å². The zero-order valence-electron chi connectivity index (χ0n) is 19.0. The van der Waals surface area contributed by atoms with E-state index in [-0.39, 0.29) is 12.5 Å². The van der Waals surface area contributed by atoms with Gasteiger partial charge in [0, 0.05) is 12.7 Å². The van der Waals surface area contributed by atoms with E-state index < -0.39 is 23.6 Å². The number of likely N-dealkylation sites (N-methyl/N-ethyl adjacent to an activating group) is 1. The summed E-state index contributed by atoms with van der Waals surface area (Å²) in [6.45, 7) is 8.73. The first-order chi connectivity index (χ1) is 14.5. The zero-order valence-corrected chi connectivity index (χ0v) is 19.0. The predicted octanol–water partition coefficient (Wildman–Crippen LogP) is 3.97. The summed E-state index contributed by atoms with van der Waals surface area (Å²) in [5.41, 5.74) is 2.52. The average Bonchev–Trinajstić information content (AvgIpc) is 2.68. The zero-order chi connectivity index (χ0) is 23.2. The predicted molar refractivity (Wildman–Crippen MR) is 121 cm³/mol. The summed E-state index contributed by atoms with van der Waals surface area (Å²) >= 11 is 0. The largest absolute Gasteiger partial charge is 0.444 e. The highest BCUT2D eigenvalue weighted by Crippen LogP contribution is 2.25. The van der Waals surface area contributed by atoms with E-state index in [2.05, 4.69) is 10.6 Å². The highest BCUT2D eigenvalue weighted by molar-refractivity contribution is 5.99. The summed E-state index contributed by atoms with van der Waals surface area (Å²) in [5.74, 6) is -0.754. The second kappa shape index (κ2) is 10.1. The average molecular weight is 426 g/mol. The van der Waals surface area contributed by atoms with Crippen molar-refractivity contribution in [3.63, 3.8) is 0 Å². The van der Waals surface area contributed by atoms with E-state index in [0.717, 1.165) is 11.1 Å². The third-order valence-corrected chi connectivity index (χ3v) is 4.70. The van der Waals surface area contributed by atoms with Crippen LogP contribution in [0.5, 0.6) is 0 Å². The van der Waals surface area contributed by atoms with Crippen LogP contribution >= 0.6 is 0 Å². The molecule has 2 N–H and O–H groups in total. The van der Waals surface area contributed by atoms with E-state index >= 15 is 0 Å². The molecule has 1 unspecified atom stereocenters. The van der Waals surface area contributed by atoms with Crippen molar-refractivity contribution in [1.82, 2.24) is 10.2 Å². The molecule has 3 amide bonds. The number of nitrogens with one attached hydrogen (secondary N) is 2. The number of anilines is 1. The van der Waals surface area contributed by atoms with Crippen LogP contribution in [0.1, 0.15) is 43.5 Å². The number of hydrogen-bond donors (Lipinski definition) is 2. The van der Waals surface area contributed by atoms with E-state index in [1.165, 1.54) is 4.90 Å². The minimum atomic E-state index is -0.867. The van der Waals surface area contributed by atoms with Crippen LogP contribution in [-0.4, -0.2) is 42.0 Å². The van der Waals surface area contributed by atoms with Gasteiger partial charge in [0.1, 0.15) is 18.2 Å². The van der Waals surface area contributed by atoms with Gasteiger partial charge in [0.2, 0.25) is 5.91 Å². The number of ether oxygens (including phenoxy) is 1. The van der Waals surface area contributed by atoms with Gasteiger partial charge in [-0.3, -0.25) is 9.59 Å². The Morgan fingerprint density at radius 2 is 1.55 bits per heavy atom. The lowest BCUT2D eigenvalue weighted by Gasteiger charge is -2.29. The summed E-state index contributed by atoms with van der Waals surface area (Å²) in [5, 5.41) is 5.38. The lowest BCUT2D eigenvalue weighted by atomic mass is 9.99. The lowest BCUT2D eigenvalue weighted by Crippen LogP contribution is -2.44. The van der Waals surface area contributed by atoms with Gasteiger partial charge < -0.3 is 20.3 Å². The summed E-state index contributed by atoms with van der Waals surface area (Å²) in [6.07, 6.45) is -0.689. The van der Waals surface area contributed by atoms with Crippen LogP contribution in [0, 0.1) is 13.8 Å². The van der Waals surface area contributed by atoms with E-state index in [0.29, 0.717) is 11.3 Å². The Morgan fingerprint density at radius 1 is 0.968 bits per heavy atom. The van der Waals surface area contributed by atoms with E-state index in [4.69, 9.17) is 4.74 Å². The lowest BCUT2D eigenvalue weighted by molar-refractivity contribution is -0.136. The van der Waals surface area contributed by atoms with Crippen LogP contribution in [-0.2, 0) is 14.3 Å². The van der Waals surface area contributed by atoms with Gasteiger partial charge in [0.15, 0.2) is 0 Å². The molecule has 7 heteroatoms. The van der Waals surface area contributed by atoms with E-state index in [1.54, 1.807) is 27.8 Å². The fourth-order valence-corrected chi connectivity index (χ4v) is 3.06. The summed E-state index contributed by atoms with van der Waals surface area (Å²) in [4.78, 5) is 39.4. The molecule has 0 heterocycles. The van der Waals surface area contributed by atoms with Crippen molar-refractivity contribution in [2.45, 2.75) is 46.3 Å². The molecule has 0 fully saturated rings. The van der Waals surface area contributed by atoms with Crippen molar-refractivity contribution in [1.29, 1.82) is 0 Å². The molecule has 7 nitrogen and oxygen atoms in total. The number of amides is 3. The molecular formula is C24H31N3O4. The molecule has 31 heavy (non-hydrogen) atoms. The number of rotatable bonds is 6. The number of carbonyl (C=O) groups excluding carboxylic acids is 3. The van der Waals surface area contributed by atoms with Gasteiger partial charge in [0.05, 0.1) is 0 Å². The van der Waals surface area contributed by atoms with Crippen LogP contribution in [0.25, 0.3) is 0 Å². The first kappa shape index (κ1) is 23.9. The highest BCUT2D eigenvalue weighted by Gasteiger charge is 2.30. The number of alkyl carbamates (subject to hydrolysis) is 1. The van der Waals surface area contributed by atoms with Crippen LogP contribution in [0.15, 0.2) is 48.5 Å². The number of para-hydroxylation sites is 1. The van der Waals surface area contributed by atoms with Crippen molar-refractivity contribution < 1.29 is 19.1 Å². The molecule has 166 valence electrons. The smallest absolute Gasteiger partial charge is 0.408 e. The van der Waals surface area contributed by atoms with E-state index in [1.807, 2.05) is 62.4 Å². The molecule has 0 saturated carbocycles. The summed E-state index contributed by atoms with van der Waals surface area (Å²) in [6, 6.07) is 14.0.